The van der Waals surface area contributed by atoms with E-state index < -0.39 is 4.92 Å². The SMILES string of the molecule is Cn1nnc([N+](=O)[O-])c1C(C)(C)C. The smallest absolute Gasteiger partial charge is 0.358 e. The molecule has 0 saturated carbocycles. The van der Waals surface area contributed by atoms with Crippen LogP contribution in [0.1, 0.15) is 26.5 Å². The summed E-state index contributed by atoms with van der Waals surface area (Å²) >= 11 is 0. The third-order valence-electron chi connectivity index (χ3n) is 1.69. The Hall–Kier alpha value is -1.46. The number of rotatable bonds is 1. The monoisotopic (exact) mass is 184 g/mol. The first-order valence-corrected chi connectivity index (χ1v) is 3.88. The predicted octanol–water partition coefficient (Wildman–Crippen LogP) is 1.02. The molecule has 0 N–H and O–H groups in total. The van der Waals surface area contributed by atoms with Crippen LogP contribution >= 0.6 is 0 Å². The summed E-state index contributed by atoms with van der Waals surface area (Å²) in [6.45, 7) is 5.66. The second-order valence-electron chi connectivity index (χ2n) is 3.89. The lowest BCUT2D eigenvalue weighted by atomic mass is 9.92. The van der Waals surface area contributed by atoms with Gasteiger partial charge in [0.15, 0.2) is 0 Å². The minimum atomic E-state index is -0.506. The van der Waals surface area contributed by atoms with Gasteiger partial charge in [-0.2, -0.15) is 0 Å². The Bertz CT molecular complexity index is 337. The highest BCUT2D eigenvalue weighted by Crippen LogP contribution is 2.27. The Morgan fingerprint density at radius 1 is 1.46 bits per heavy atom. The molecule has 1 rings (SSSR count). The summed E-state index contributed by atoms with van der Waals surface area (Å²) in [5, 5.41) is 17.7. The molecule has 1 heterocycles. The number of nitro groups is 1. The third kappa shape index (κ3) is 1.66. The first-order valence-electron chi connectivity index (χ1n) is 3.88. The lowest BCUT2D eigenvalue weighted by Crippen LogP contribution is -2.18. The van der Waals surface area contributed by atoms with Crippen LogP contribution in [0, 0.1) is 10.1 Å². The standard InChI is InChI=1S/C7H12N4O2/c1-7(2,3)5-6(11(12)13)8-9-10(5)4/h1-4H3. The summed E-state index contributed by atoms with van der Waals surface area (Å²) in [6.07, 6.45) is 0. The van der Waals surface area contributed by atoms with E-state index in [0.717, 1.165) is 0 Å². The van der Waals surface area contributed by atoms with Crippen LogP contribution in [0.25, 0.3) is 0 Å². The molecule has 0 bridgehead atoms. The molecular weight excluding hydrogens is 172 g/mol. The Balaban J connectivity index is 3.33. The molecule has 0 aliphatic rings. The molecule has 0 aromatic carbocycles. The van der Waals surface area contributed by atoms with Crippen molar-refractivity contribution in [2.24, 2.45) is 7.05 Å². The molecule has 0 saturated heterocycles. The minimum Gasteiger partial charge on any atom is -0.358 e. The zero-order chi connectivity index (χ0) is 10.2. The van der Waals surface area contributed by atoms with Crippen molar-refractivity contribution in [3.05, 3.63) is 15.8 Å². The van der Waals surface area contributed by atoms with Gasteiger partial charge in [-0.3, -0.25) is 0 Å². The molecule has 0 amide bonds. The van der Waals surface area contributed by atoms with Crippen molar-refractivity contribution in [1.29, 1.82) is 0 Å². The summed E-state index contributed by atoms with van der Waals surface area (Å²) in [7, 11) is 1.65. The number of nitrogens with zero attached hydrogens (tertiary/aromatic N) is 4. The first-order chi connectivity index (χ1) is 5.84. The van der Waals surface area contributed by atoms with Gasteiger partial charge in [0, 0.05) is 12.5 Å². The summed E-state index contributed by atoms with van der Waals surface area (Å²) in [6, 6.07) is 0. The molecule has 0 fully saturated rings. The molecule has 72 valence electrons. The maximum absolute atomic E-state index is 10.6. The fraction of sp³-hybridized carbons (Fsp3) is 0.714. The van der Waals surface area contributed by atoms with Crippen LogP contribution in [0.3, 0.4) is 0 Å². The van der Waals surface area contributed by atoms with Crippen LogP contribution < -0.4 is 0 Å². The summed E-state index contributed by atoms with van der Waals surface area (Å²) in [5.41, 5.74) is 0.221. The van der Waals surface area contributed by atoms with Crippen LogP contribution in [-0.4, -0.2) is 19.9 Å². The molecule has 0 spiro atoms. The predicted molar refractivity (Wildman–Crippen MR) is 46.4 cm³/mol. The second kappa shape index (κ2) is 2.79. The average molecular weight is 184 g/mol. The molecule has 0 unspecified atom stereocenters. The van der Waals surface area contributed by atoms with E-state index in [0.29, 0.717) is 5.69 Å². The van der Waals surface area contributed by atoms with Gasteiger partial charge in [0.1, 0.15) is 10.8 Å². The highest BCUT2D eigenvalue weighted by Gasteiger charge is 2.31. The Labute approximate surface area is 75.7 Å². The first kappa shape index (κ1) is 9.63. The van der Waals surface area contributed by atoms with Crippen LogP contribution in [0.5, 0.6) is 0 Å². The number of aryl methyl sites for hydroxylation is 1. The summed E-state index contributed by atoms with van der Waals surface area (Å²) < 4.78 is 1.44. The zero-order valence-corrected chi connectivity index (χ0v) is 8.11. The molecule has 13 heavy (non-hydrogen) atoms. The quantitative estimate of drug-likeness (QED) is 0.482. The van der Waals surface area contributed by atoms with Crippen molar-refractivity contribution in [3.63, 3.8) is 0 Å². The van der Waals surface area contributed by atoms with Crippen LogP contribution in [-0.2, 0) is 12.5 Å². The topological polar surface area (TPSA) is 73.8 Å². The molecule has 0 radical (unpaired) electrons. The van der Waals surface area contributed by atoms with Gasteiger partial charge < -0.3 is 10.1 Å². The van der Waals surface area contributed by atoms with Crippen LogP contribution in [0.4, 0.5) is 5.82 Å². The molecule has 6 heteroatoms. The van der Waals surface area contributed by atoms with Crippen molar-refractivity contribution in [1.82, 2.24) is 15.0 Å². The Kier molecular flexibility index (Phi) is 2.07. The van der Waals surface area contributed by atoms with Gasteiger partial charge >= 0.3 is 5.82 Å². The molecule has 0 atom stereocenters. The normalized spacial score (nSPS) is 11.7. The van der Waals surface area contributed by atoms with Gasteiger partial charge in [-0.05, 0) is 4.92 Å². The van der Waals surface area contributed by atoms with Gasteiger partial charge in [0.05, 0.1) is 5.21 Å². The fourth-order valence-electron chi connectivity index (χ4n) is 1.29. The van der Waals surface area contributed by atoms with Crippen molar-refractivity contribution < 1.29 is 4.92 Å². The maximum Gasteiger partial charge on any atom is 0.414 e. The summed E-state index contributed by atoms with van der Waals surface area (Å²) in [5.74, 6) is -0.157. The molecule has 6 nitrogen and oxygen atoms in total. The average Bonchev–Trinajstić information content (AvgIpc) is 2.28. The van der Waals surface area contributed by atoms with Crippen molar-refractivity contribution >= 4 is 5.82 Å². The van der Waals surface area contributed by atoms with Gasteiger partial charge in [-0.1, -0.05) is 20.8 Å². The third-order valence-corrected chi connectivity index (χ3v) is 1.69. The van der Waals surface area contributed by atoms with E-state index in [-0.39, 0.29) is 11.2 Å². The van der Waals surface area contributed by atoms with E-state index in [9.17, 15) is 10.1 Å². The maximum atomic E-state index is 10.6. The van der Waals surface area contributed by atoms with E-state index in [2.05, 4.69) is 10.3 Å². The van der Waals surface area contributed by atoms with Gasteiger partial charge in [0.25, 0.3) is 0 Å². The Morgan fingerprint density at radius 2 is 2.00 bits per heavy atom. The van der Waals surface area contributed by atoms with E-state index in [4.69, 9.17) is 0 Å². The lowest BCUT2D eigenvalue weighted by Gasteiger charge is -2.16. The minimum absolute atomic E-state index is 0.157. The molecular formula is C7H12N4O2. The van der Waals surface area contributed by atoms with Crippen molar-refractivity contribution in [2.75, 3.05) is 0 Å². The molecule has 1 aromatic heterocycles. The molecule has 0 aliphatic carbocycles. The van der Waals surface area contributed by atoms with Gasteiger partial charge in [0.2, 0.25) is 0 Å². The zero-order valence-electron chi connectivity index (χ0n) is 8.11. The molecule has 0 aliphatic heterocycles. The van der Waals surface area contributed by atoms with E-state index >= 15 is 0 Å². The van der Waals surface area contributed by atoms with E-state index in [1.165, 1.54) is 4.68 Å². The second-order valence-corrected chi connectivity index (χ2v) is 3.89. The van der Waals surface area contributed by atoms with Crippen LogP contribution in [0.15, 0.2) is 0 Å². The van der Waals surface area contributed by atoms with E-state index in [1.807, 2.05) is 20.8 Å². The van der Waals surface area contributed by atoms with Gasteiger partial charge in [-0.25, -0.2) is 4.68 Å². The highest BCUT2D eigenvalue weighted by molar-refractivity contribution is 5.30. The van der Waals surface area contributed by atoms with E-state index in [1.54, 1.807) is 7.05 Å². The number of aromatic nitrogens is 3. The van der Waals surface area contributed by atoms with Crippen LogP contribution in [0.2, 0.25) is 0 Å². The number of hydrogen-bond acceptors (Lipinski definition) is 4. The Morgan fingerprint density at radius 3 is 2.31 bits per heavy atom. The van der Waals surface area contributed by atoms with Gasteiger partial charge in [-0.15, -0.1) is 0 Å². The summed E-state index contributed by atoms with van der Waals surface area (Å²) in [4.78, 5) is 10.1. The largest absolute Gasteiger partial charge is 0.414 e. The fourth-order valence-corrected chi connectivity index (χ4v) is 1.29. The van der Waals surface area contributed by atoms with Crippen molar-refractivity contribution in [2.45, 2.75) is 26.2 Å². The highest BCUT2D eigenvalue weighted by atomic mass is 16.6. The lowest BCUT2D eigenvalue weighted by molar-refractivity contribution is -0.390. The number of hydrogen-bond donors (Lipinski definition) is 0. The molecule has 1 aromatic rings. The van der Waals surface area contributed by atoms with Crippen molar-refractivity contribution in [3.8, 4) is 0 Å².